The number of nitrogens with zero attached hydrogens (tertiary/aromatic N) is 4. The predicted molar refractivity (Wildman–Crippen MR) is 124 cm³/mol. The normalized spacial score (nSPS) is 24.6. The number of anilines is 3. The molecule has 2 atom stereocenters. The van der Waals surface area contributed by atoms with Crippen LogP contribution >= 0.6 is 11.6 Å². The van der Waals surface area contributed by atoms with Gasteiger partial charge in [-0.3, -0.25) is 9.36 Å². The average molecular weight is 508 g/mol. The second-order valence-electron chi connectivity index (χ2n) is 8.84. The highest BCUT2D eigenvalue weighted by Gasteiger charge is 2.30. The number of hydrogen-bond donors (Lipinski definition) is 4. The number of aliphatic hydroxyl groups is 1. The molecule has 1 saturated heterocycles. The summed E-state index contributed by atoms with van der Waals surface area (Å²) in [6.45, 7) is 0.535. The average Bonchev–Trinajstić information content (AvgIpc) is 3.38. The van der Waals surface area contributed by atoms with Gasteiger partial charge in [-0.2, -0.15) is 4.98 Å². The number of aromatic nitrogens is 4. The molecule has 3 aromatic rings. The van der Waals surface area contributed by atoms with Gasteiger partial charge >= 0.3 is 0 Å². The van der Waals surface area contributed by atoms with E-state index in [4.69, 9.17) is 22.1 Å². The van der Waals surface area contributed by atoms with E-state index in [-0.39, 0.29) is 53.1 Å². The summed E-state index contributed by atoms with van der Waals surface area (Å²) in [5.41, 5.74) is 6.29. The number of nitrogens with two attached hydrogens (primary N) is 1. The van der Waals surface area contributed by atoms with Crippen molar-refractivity contribution in [1.29, 1.82) is 0 Å². The fourth-order valence-corrected chi connectivity index (χ4v) is 4.87. The lowest BCUT2D eigenvalue weighted by Gasteiger charge is -2.29. The summed E-state index contributed by atoms with van der Waals surface area (Å²) in [7, 11) is 0. The maximum atomic E-state index is 14.5. The monoisotopic (exact) mass is 507 g/mol. The molecule has 13 heteroatoms. The summed E-state index contributed by atoms with van der Waals surface area (Å²) < 4.78 is 35.2. The first-order valence-corrected chi connectivity index (χ1v) is 11.7. The minimum Gasteiger partial charge on any atom is -0.388 e. The Morgan fingerprint density at radius 1 is 1.20 bits per heavy atom. The fourth-order valence-electron chi connectivity index (χ4n) is 4.63. The number of nitrogens with one attached hydrogen (secondary N) is 2. The Balaban J connectivity index is 1.54. The SMILES string of the molecule is NC(=O)C1CCC(n2c(Nc3c(F)cc(F)cc3Cl)nc3cnc(N[C@H]4COC[C@@H]4O)nc32)CC1. The van der Waals surface area contributed by atoms with E-state index in [9.17, 15) is 18.7 Å². The van der Waals surface area contributed by atoms with Crippen molar-refractivity contribution in [2.45, 2.75) is 43.9 Å². The second-order valence-corrected chi connectivity index (χ2v) is 9.25. The van der Waals surface area contributed by atoms with Gasteiger partial charge in [-0.25, -0.2) is 18.7 Å². The standard InChI is InChI=1S/C22H24ClF2N7O3/c23-13-5-11(24)6-14(25)18(13)30-22-29-15-7-27-21(28-16-8-35-9-17(16)33)31-20(15)32(22)12-3-1-10(2-4-12)19(26)34/h5-7,10,12,16-17,33H,1-4,8-9H2,(H2,26,34)(H,29,30)(H,27,28,31)/t10?,12?,16-,17-/m0/s1. The van der Waals surface area contributed by atoms with Gasteiger partial charge in [0.15, 0.2) is 11.5 Å². The van der Waals surface area contributed by atoms with Crippen molar-refractivity contribution < 1.29 is 23.4 Å². The molecule has 0 spiro atoms. The van der Waals surface area contributed by atoms with E-state index in [1.807, 2.05) is 4.57 Å². The molecule has 1 aliphatic heterocycles. The van der Waals surface area contributed by atoms with Gasteiger partial charge in [0.2, 0.25) is 17.8 Å². The molecule has 186 valence electrons. The van der Waals surface area contributed by atoms with Gasteiger partial charge in [0.1, 0.15) is 11.3 Å². The number of carbonyl (C=O) groups excluding carboxylic acids is 1. The molecule has 10 nitrogen and oxygen atoms in total. The molecule has 5 rings (SSSR count). The van der Waals surface area contributed by atoms with Gasteiger partial charge in [-0.1, -0.05) is 11.6 Å². The second kappa shape index (κ2) is 9.51. The van der Waals surface area contributed by atoms with E-state index >= 15 is 0 Å². The third-order valence-corrected chi connectivity index (χ3v) is 6.80. The zero-order valence-electron chi connectivity index (χ0n) is 18.5. The van der Waals surface area contributed by atoms with Crippen molar-refractivity contribution in [1.82, 2.24) is 19.5 Å². The van der Waals surface area contributed by atoms with E-state index in [1.165, 1.54) is 6.20 Å². The molecule has 3 heterocycles. The molecule has 1 aliphatic carbocycles. The molecule has 0 radical (unpaired) electrons. The summed E-state index contributed by atoms with van der Waals surface area (Å²) >= 11 is 6.11. The Bertz CT molecular complexity index is 1240. The first-order valence-electron chi connectivity index (χ1n) is 11.3. The molecule has 35 heavy (non-hydrogen) atoms. The quantitative estimate of drug-likeness (QED) is 0.399. The van der Waals surface area contributed by atoms with Gasteiger partial charge in [0, 0.05) is 18.0 Å². The smallest absolute Gasteiger partial charge is 0.225 e. The number of hydrogen-bond acceptors (Lipinski definition) is 8. The van der Waals surface area contributed by atoms with Crippen molar-refractivity contribution in [2.24, 2.45) is 11.7 Å². The molecular formula is C22H24ClF2N7O3. The van der Waals surface area contributed by atoms with Gasteiger partial charge in [-0.15, -0.1) is 0 Å². The zero-order chi connectivity index (χ0) is 24.7. The van der Waals surface area contributed by atoms with Crippen molar-refractivity contribution in [3.8, 4) is 0 Å². The van der Waals surface area contributed by atoms with Crippen LogP contribution in [0.3, 0.4) is 0 Å². The van der Waals surface area contributed by atoms with Crippen LogP contribution in [0.2, 0.25) is 5.02 Å². The number of benzene rings is 1. The molecule has 0 bridgehead atoms. The van der Waals surface area contributed by atoms with E-state index in [0.29, 0.717) is 43.5 Å². The van der Waals surface area contributed by atoms with E-state index in [2.05, 4.69) is 25.6 Å². The van der Waals surface area contributed by atoms with E-state index < -0.39 is 17.7 Å². The van der Waals surface area contributed by atoms with Crippen LogP contribution < -0.4 is 16.4 Å². The topological polar surface area (TPSA) is 140 Å². The van der Waals surface area contributed by atoms with Crippen molar-refractivity contribution >= 4 is 46.3 Å². The highest BCUT2D eigenvalue weighted by molar-refractivity contribution is 6.33. The lowest BCUT2D eigenvalue weighted by atomic mass is 9.85. The minimum atomic E-state index is -0.866. The highest BCUT2D eigenvalue weighted by Crippen LogP contribution is 2.38. The number of fused-ring (bicyclic) bond motifs is 1. The van der Waals surface area contributed by atoms with Crippen LogP contribution in [0.4, 0.5) is 26.4 Å². The summed E-state index contributed by atoms with van der Waals surface area (Å²) in [5, 5.41) is 15.9. The highest BCUT2D eigenvalue weighted by atomic mass is 35.5. The van der Waals surface area contributed by atoms with Gasteiger partial charge in [-0.05, 0) is 31.7 Å². The van der Waals surface area contributed by atoms with Crippen LogP contribution in [-0.2, 0) is 9.53 Å². The Labute approximate surface area is 203 Å². The number of rotatable bonds is 6. The number of imidazole rings is 1. The molecule has 2 fully saturated rings. The summed E-state index contributed by atoms with van der Waals surface area (Å²) in [6, 6.07) is 1.26. The fraction of sp³-hybridized carbons (Fsp3) is 0.455. The number of halogens is 3. The van der Waals surface area contributed by atoms with Crippen LogP contribution in [0.5, 0.6) is 0 Å². The summed E-state index contributed by atoms with van der Waals surface area (Å²) in [6.07, 6.45) is 3.25. The van der Waals surface area contributed by atoms with E-state index in [1.54, 1.807) is 0 Å². The van der Waals surface area contributed by atoms with Crippen molar-refractivity contribution in [3.05, 3.63) is 35.0 Å². The molecule has 5 N–H and O–H groups in total. The first kappa shape index (κ1) is 23.6. The van der Waals surface area contributed by atoms with Crippen LogP contribution in [0.15, 0.2) is 18.3 Å². The number of amides is 1. The maximum Gasteiger partial charge on any atom is 0.225 e. The number of ether oxygens (including phenoxy) is 1. The first-order chi connectivity index (χ1) is 16.8. The Hall–Kier alpha value is -3.09. The Morgan fingerprint density at radius 2 is 1.97 bits per heavy atom. The van der Waals surface area contributed by atoms with E-state index in [0.717, 1.165) is 12.1 Å². The van der Waals surface area contributed by atoms with Crippen LogP contribution in [0.25, 0.3) is 11.2 Å². The number of carbonyl (C=O) groups is 1. The van der Waals surface area contributed by atoms with Crippen LogP contribution in [0, 0.1) is 17.6 Å². The lowest BCUT2D eigenvalue weighted by molar-refractivity contribution is -0.122. The maximum absolute atomic E-state index is 14.5. The zero-order valence-corrected chi connectivity index (χ0v) is 19.3. The Morgan fingerprint density at radius 3 is 2.63 bits per heavy atom. The van der Waals surface area contributed by atoms with Crippen molar-refractivity contribution in [2.75, 3.05) is 23.8 Å². The summed E-state index contributed by atoms with van der Waals surface area (Å²) in [4.78, 5) is 25.1. The molecule has 0 unspecified atom stereocenters. The molecular weight excluding hydrogens is 484 g/mol. The molecule has 1 amide bonds. The molecule has 2 aliphatic rings. The largest absolute Gasteiger partial charge is 0.388 e. The van der Waals surface area contributed by atoms with Gasteiger partial charge in [0.05, 0.1) is 42.3 Å². The van der Waals surface area contributed by atoms with Crippen molar-refractivity contribution in [3.63, 3.8) is 0 Å². The Kier molecular flexibility index (Phi) is 6.43. The third kappa shape index (κ3) is 4.73. The molecule has 1 saturated carbocycles. The molecule has 1 aromatic carbocycles. The summed E-state index contributed by atoms with van der Waals surface area (Å²) in [5.74, 6) is -1.67. The lowest BCUT2D eigenvalue weighted by Crippen LogP contribution is -2.32. The third-order valence-electron chi connectivity index (χ3n) is 6.51. The van der Waals surface area contributed by atoms with Crippen LogP contribution in [-0.4, -0.2) is 55.9 Å². The number of primary amides is 1. The van der Waals surface area contributed by atoms with Gasteiger partial charge < -0.3 is 26.2 Å². The van der Waals surface area contributed by atoms with Crippen LogP contribution in [0.1, 0.15) is 31.7 Å². The molecule has 2 aromatic heterocycles. The van der Waals surface area contributed by atoms with Gasteiger partial charge in [0.25, 0.3) is 0 Å². The number of aliphatic hydroxyl groups excluding tert-OH is 1. The minimum absolute atomic E-state index is 0.118. The predicted octanol–water partition coefficient (Wildman–Crippen LogP) is 2.89.